The minimum absolute atomic E-state index is 0.0236. The van der Waals surface area contributed by atoms with E-state index < -0.39 is 0 Å². The minimum Gasteiger partial charge on any atom is -0.342 e. The molecule has 3 aromatic carbocycles. The first-order valence-corrected chi connectivity index (χ1v) is 12.1. The summed E-state index contributed by atoms with van der Waals surface area (Å²) >= 11 is 0. The van der Waals surface area contributed by atoms with Crippen LogP contribution in [0.5, 0.6) is 0 Å². The molecule has 0 aliphatic carbocycles. The Morgan fingerprint density at radius 2 is 1.37 bits per heavy atom. The van der Waals surface area contributed by atoms with E-state index in [2.05, 4.69) is 93.5 Å². The van der Waals surface area contributed by atoms with Gasteiger partial charge in [-0.3, -0.25) is 4.98 Å². The first-order chi connectivity index (χ1) is 17.0. The van der Waals surface area contributed by atoms with Crippen molar-refractivity contribution in [1.29, 1.82) is 0 Å². The standard InChI is InChI=1S/C29H26N6/c1-16(2)27-31-13-25(34-27)17-4-6-19-20-7-5-18(26-14-32-28(35-26)29(3)15-33-29)11-23(20)24-12-30-9-8-21(24)22(19)10-17/h4-14,16,33H,15H2,1-3H3,(H,31,34)(H,32,35). The van der Waals surface area contributed by atoms with Crippen LogP contribution in [0.1, 0.15) is 38.3 Å². The Labute approximate surface area is 202 Å². The van der Waals surface area contributed by atoms with Gasteiger partial charge in [0.25, 0.3) is 0 Å². The molecule has 172 valence electrons. The molecule has 1 aliphatic heterocycles. The fourth-order valence-electron chi connectivity index (χ4n) is 5.01. The molecule has 0 radical (unpaired) electrons. The van der Waals surface area contributed by atoms with Gasteiger partial charge in [0.1, 0.15) is 11.6 Å². The summed E-state index contributed by atoms with van der Waals surface area (Å²) in [5.41, 5.74) is 4.31. The van der Waals surface area contributed by atoms with E-state index in [1.165, 1.54) is 26.9 Å². The van der Waals surface area contributed by atoms with Crippen LogP contribution in [0, 0.1) is 0 Å². The van der Waals surface area contributed by atoms with E-state index in [0.29, 0.717) is 5.92 Å². The van der Waals surface area contributed by atoms with Gasteiger partial charge in [-0.2, -0.15) is 0 Å². The predicted molar refractivity (Wildman–Crippen MR) is 141 cm³/mol. The van der Waals surface area contributed by atoms with Crippen molar-refractivity contribution in [2.24, 2.45) is 0 Å². The summed E-state index contributed by atoms with van der Waals surface area (Å²) in [6.45, 7) is 7.43. The van der Waals surface area contributed by atoms with E-state index in [-0.39, 0.29) is 5.54 Å². The Morgan fingerprint density at radius 3 is 2.03 bits per heavy atom. The Hall–Kier alpha value is -4.03. The van der Waals surface area contributed by atoms with Gasteiger partial charge in [-0.25, -0.2) is 9.97 Å². The van der Waals surface area contributed by atoms with E-state index in [0.717, 1.165) is 46.1 Å². The van der Waals surface area contributed by atoms with Crippen LogP contribution >= 0.6 is 0 Å². The van der Waals surface area contributed by atoms with Gasteiger partial charge in [0.15, 0.2) is 0 Å². The van der Waals surface area contributed by atoms with E-state index in [1.54, 1.807) is 0 Å². The zero-order valence-electron chi connectivity index (χ0n) is 20.0. The van der Waals surface area contributed by atoms with Crippen molar-refractivity contribution >= 4 is 32.3 Å². The average Bonchev–Trinajstić information content (AvgIpc) is 3.29. The summed E-state index contributed by atoms with van der Waals surface area (Å²) in [6.07, 6.45) is 7.73. The molecule has 6 heteroatoms. The Kier molecular flexibility index (Phi) is 4.21. The van der Waals surface area contributed by atoms with Gasteiger partial charge in [0.05, 0.1) is 29.3 Å². The highest BCUT2D eigenvalue weighted by Crippen LogP contribution is 2.38. The van der Waals surface area contributed by atoms with Gasteiger partial charge < -0.3 is 15.3 Å². The summed E-state index contributed by atoms with van der Waals surface area (Å²) in [6, 6.07) is 15.5. The number of benzene rings is 3. The van der Waals surface area contributed by atoms with Gasteiger partial charge in [-0.05, 0) is 52.1 Å². The number of fused-ring (bicyclic) bond motifs is 6. The van der Waals surface area contributed by atoms with Crippen LogP contribution in [0.3, 0.4) is 0 Å². The smallest absolute Gasteiger partial charge is 0.127 e. The second-order valence-electron chi connectivity index (χ2n) is 10.1. The number of pyridine rings is 1. The molecule has 6 aromatic rings. The molecule has 1 saturated heterocycles. The maximum absolute atomic E-state index is 4.63. The lowest BCUT2D eigenvalue weighted by atomic mass is 9.92. The van der Waals surface area contributed by atoms with Crippen LogP contribution in [0.2, 0.25) is 0 Å². The van der Waals surface area contributed by atoms with Crippen molar-refractivity contribution in [3.05, 3.63) is 78.9 Å². The second-order valence-corrected chi connectivity index (χ2v) is 10.1. The Morgan fingerprint density at radius 1 is 0.743 bits per heavy atom. The van der Waals surface area contributed by atoms with E-state index in [1.807, 2.05) is 24.8 Å². The van der Waals surface area contributed by atoms with Crippen LogP contribution in [0.4, 0.5) is 0 Å². The average molecular weight is 459 g/mol. The lowest BCUT2D eigenvalue weighted by Gasteiger charge is -2.12. The van der Waals surface area contributed by atoms with Crippen LogP contribution in [-0.2, 0) is 5.54 Å². The number of aromatic nitrogens is 5. The molecule has 3 aromatic heterocycles. The molecular formula is C29H26N6. The number of hydrogen-bond acceptors (Lipinski definition) is 4. The van der Waals surface area contributed by atoms with Crippen molar-refractivity contribution in [2.75, 3.05) is 6.54 Å². The molecule has 4 heterocycles. The van der Waals surface area contributed by atoms with Crippen molar-refractivity contribution in [2.45, 2.75) is 32.2 Å². The molecule has 0 saturated carbocycles. The molecule has 1 unspecified atom stereocenters. The van der Waals surface area contributed by atoms with Gasteiger partial charge >= 0.3 is 0 Å². The monoisotopic (exact) mass is 458 g/mol. The normalized spacial score (nSPS) is 17.7. The number of rotatable bonds is 4. The number of nitrogens with one attached hydrogen (secondary N) is 3. The van der Waals surface area contributed by atoms with Gasteiger partial charge in [-0.15, -0.1) is 0 Å². The third kappa shape index (κ3) is 3.17. The fraction of sp³-hybridized carbons (Fsp3) is 0.207. The minimum atomic E-state index is -0.0236. The van der Waals surface area contributed by atoms with E-state index in [4.69, 9.17) is 0 Å². The number of imidazole rings is 2. The molecule has 0 amide bonds. The zero-order valence-corrected chi connectivity index (χ0v) is 20.0. The maximum atomic E-state index is 4.63. The van der Waals surface area contributed by atoms with Crippen molar-refractivity contribution in [1.82, 2.24) is 30.2 Å². The Bertz CT molecular complexity index is 1730. The lowest BCUT2D eigenvalue weighted by Crippen LogP contribution is -2.08. The zero-order chi connectivity index (χ0) is 23.7. The molecule has 1 aliphatic rings. The second kappa shape index (κ2) is 7.23. The SMILES string of the molecule is CC(C)c1ncc(-c2ccc3c4ccc(-c5cnc(C6(C)CN6)[nH]5)cc4c4cnccc4c3c2)[nH]1. The number of aromatic amines is 2. The highest BCUT2D eigenvalue weighted by atomic mass is 15.2. The van der Waals surface area contributed by atoms with Crippen LogP contribution < -0.4 is 5.32 Å². The van der Waals surface area contributed by atoms with E-state index in [9.17, 15) is 0 Å². The topological polar surface area (TPSA) is 92.2 Å². The van der Waals surface area contributed by atoms with Crippen LogP contribution in [0.15, 0.2) is 67.3 Å². The molecule has 0 spiro atoms. The third-order valence-corrected chi connectivity index (χ3v) is 7.30. The predicted octanol–water partition coefficient (Wildman–Crippen LogP) is 6.26. The van der Waals surface area contributed by atoms with Crippen LogP contribution in [-0.4, -0.2) is 31.5 Å². The van der Waals surface area contributed by atoms with Gasteiger partial charge in [0.2, 0.25) is 0 Å². The van der Waals surface area contributed by atoms with Crippen LogP contribution in [0.25, 0.3) is 54.8 Å². The van der Waals surface area contributed by atoms with Crippen molar-refractivity contribution in [3.63, 3.8) is 0 Å². The summed E-state index contributed by atoms with van der Waals surface area (Å²) in [5.74, 6) is 2.36. The Balaban J connectivity index is 1.43. The molecule has 0 bridgehead atoms. The largest absolute Gasteiger partial charge is 0.342 e. The first kappa shape index (κ1) is 20.4. The summed E-state index contributed by atoms with van der Waals surface area (Å²) in [5, 5.41) is 10.6. The fourth-order valence-corrected chi connectivity index (χ4v) is 5.01. The van der Waals surface area contributed by atoms with Gasteiger partial charge in [0, 0.05) is 41.4 Å². The molecule has 6 nitrogen and oxygen atoms in total. The van der Waals surface area contributed by atoms with Crippen molar-refractivity contribution in [3.8, 4) is 22.5 Å². The number of H-pyrrole nitrogens is 2. The molecule has 7 rings (SSSR count). The number of hydrogen-bond donors (Lipinski definition) is 3. The maximum Gasteiger partial charge on any atom is 0.127 e. The molecular weight excluding hydrogens is 432 g/mol. The highest BCUT2D eigenvalue weighted by molar-refractivity contribution is 6.26. The quantitative estimate of drug-likeness (QED) is 0.215. The summed E-state index contributed by atoms with van der Waals surface area (Å²) < 4.78 is 0. The van der Waals surface area contributed by atoms with E-state index >= 15 is 0 Å². The molecule has 1 atom stereocenters. The van der Waals surface area contributed by atoms with Crippen molar-refractivity contribution < 1.29 is 0 Å². The third-order valence-electron chi connectivity index (χ3n) is 7.30. The summed E-state index contributed by atoms with van der Waals surface area (Å²) in [7, 11) is 0. The molecule has 3 N–H and O–H groups in total. The molecule has 35 heavy (non-hydrogen) atoms. The lowest BCUT2D eigenvalue weighted by molar-refractivity contribution is 0.706. The molecule has 1 fully saturated rings. The number of nitrogens with zero attached hydrogens (tertiary/aromatic N) is 3. The summed E-state index contributed by atoms with van der Waals surface area (Å²) in [4.78, 5) is 20.7. The first-order valence-electron chi connectivity index (χ1n) is 12.1. The van der Waals surface area contributed by atoms with Gasteiger partial charge in [-0.1, -0.05) is 38.1 Å². The highest BCUT2D eigenvalue weighted by Gasteiger charge is 2.41.